The van der Waals surface area contributed by atoms with Crippen molar-refractivity contribution in [3.8, 4) is 0 Å². The van der Waals surface area contributed by atoms with Crippen LogP contribution in [0.4, 0.5) is 0 Å². The maximum atomic E-state index is 11.2. The van der Waals surface area contributed by atoms with Crippen molar-refractivity contribution < 1.29 is 19.4 Å². The van der Waals surface area contributed by atoms with Gasteiger partial charge in [0, 0.05) is 0 Å². The van der Waals surface area contributed by atoms with Crippen LogP contribution in [0.3, 0.4) is 0 Å². The van der Waals surface area contributed by atoms with Gasteiger partial charge in [-0.1, -0.05) is 0 Å². The van der Waals surface area contributed by atoms with Gasteiger partial charge in [0.05, 0.1) is 0 Å². The van der Waals surface area contributed by atoms with Gasteiger partial charge in [-0.25, -0.2) is 0 Å². The van der Waals surface area contributed by atoms with E-state index in [1.165, 1.54) is 0 Å². The molecule has 0 aliphatic rings. The van der Waals surface area contributed by atoms with Crippen LogP contribution >= 0.6 is 0 Å². The van der Waals surface area contributed by atoms with Gasteiger partial charge in [0.25, 0.3) is 0 Å². The standard InChI is InChI=1S/C8H16N2O4/c1-8(2,3)14-7(13)5(10)4(9)6(11)12/h4-5H,9-10H2,1-3H3,(H,11,12)/t4-,5+/m1/s1. The minimum Gasteiger partial charge on any atom is -0.480 e. The molecule has 82 valence electrons. The number of carboxylic acids is 1. The second kappa shape index (κ2) is 4.39. The summed E-state index contributed by atoms with van der Waals surface area (Å²) in [7, 11) is 0. The van der Waals surface area contributed by atoms with Crippen LogP contribution in [0.5, 0.6) is 0 Å². The smallest absolute Gasteiger partial charge is 0.325 e. The van der Waals surface area contributed by atoms with Crippen LogP contribution in [0.25, 0.3) is 0 Å². The largest absolute Gasteiger partial charge is 0.480 e. The lowest BCUT2D eigenvalue weighted by atomic mass is 10.1. The van der Waals surface area contributed by atoms with Crippen molar-refractivity contribution >= 4 is 11.9 Å². The third kappa shape index (κ3) is 4.20. The molecule has 0 saturated heterocycles. The van der Waals surface area contributed by atoms with E-state index in [2.05, 4.69) is 0 Å². The molecule has 0 bridgehead atoms. The fourth-order valence-electron chi connectivity index (χ4n) is 0.670. The Labute approximate surface area is 82.2 Å². The highest BCUT2D eigenvalue weighted by Gasteiger charge is 2.30. The number of carboxylic acid groups (broad SMARTS) is 1. The summed E-state index contributed by atoms with van der Waals surface area (Å²) in [6.07, 6.45) is 0. The van der Waals surface area contributed by atoms with Gasteiger partial charge in [0.15, 0.2) is 0 Å². The highest BCUT2D eigenvalue weighted by molar-refractivity contribution is 5.86. The van der Waals surface area contributed by atoms with Gasteiger partial charge < -0.3 is 21.3 Å². The van der Waals surface area contributed by atoms with Crippen molar-refractivity contribution in [1.29, 1.82) is 0 Å². The third-order valence-corrected chi connectivity index (χ3v) is 1.35. The van der Waals surface area contributed by atoms with Crippen LogP contribution in [-0.4, -0.2) is 34.7 Å². The zero-order valence-electron chi connectivity index (χ0n) is 8.48. The lowest BCUT2D eigenvalue weighted by molar-refractivity contribution is -0.159. The molecule has 0 aliphatic heterocycles. The minimum atomic E-state index is -1.44. The zero-order chi connectivity index (χ0) is 11.5. The summed E-state index contributed by atoms with van der Waals surface area (Å²) in [5, 5.41) is 8.49. The molecule has 0 rings (SSSR count). The first-order valence-electron chi connectivity index (χ1n) is 4.12. The van der Waals surface area contributed by atoms with Gasteiger partial charge in [-0.05, 0) is 20.8 Å². The van der Waals surface area contributed by atoms with Gasteiger partial charge in [0.2, 0.25) is 0 Å². The van der Waals surface area contributed by atoms with Crippen LogP contribution in [0, 0.1) is 0 Å². The SMILES string of the molecule is CC(C)(C)OC(=O)[C@@H](N)[C@@H](N)C(=O)O. The topological polar surface area (TPSA) is 116 Å². The lowest BCUT2D eigenvalue weighted by Gasteiger charge is -2.23. The van der Waals surface area contributed by atoms with Crippen molar-refractivity contribution in [2.24, 2.45) is 11.5 Å². The van der Waals surface area contributed by atoms with Crippen LogP contribution in [0.15, 0.2) is 0 Å². The normalized spacial score (nSPS) is 15.8. The van der Waals surface area contributed by atoms with Crippen molar-refractivity contribution in [2.75, 3.05) is 0 Å². The molecule has 0 saturated carbocycles. The Balaban J connectivity index is 4.33. The van der Waals surface area contributed by atoms with Crippen LogP contribution in [-0.2, 0) is 14.3 Å². The Hall–Kier alpha value is -1.14. The van der Waals surface area contributed by atoms with Crippen molar-refractivity contribution in [1.82, 2.24) is 0 Å². The summed E-state index contributed by atoms with van der Waals surface area (Å²) in [6.45, 7) is 4.97. The van der Waals surface area contributed by atoms with Crippen molar-refractivity contribution in [3.63, 3.8) is 0 Å². The maximum Gasteiger partial charge on any atom is 0.325 e. The molecule has 0 amide bonds. The zero-order valence-corrected chi connectivity index (χ0v) is 8.48. The van der Waals surface area contributed by atoms with Crippen LogP contribution in [0.2, 0.25) is 0 Å². The Bertz CT molecular complexity index is 234. The van der Waals surface area contributed by atoms with Gasteiger partial charge in [0.1, 0.15) is 17.7 Å². The molecule has 0 unspecified atom stereocenters. The Morgan fingerprint density at radius 2 is 1.64 bits per heavy atom. The highest BCUT2D eigenvalue weighted by atomic mass is 16.6. The number of carbonyl (C=O) groups is 2. The number of hydrogen-bond acceptors (Lipinski definition) is 5. The van der Waals surface area contributed by atoms with E-state index in [9.17, 15) is 9.59 Å². The lowest BCUT2D eigenvalue weighted by Crippen LogP contribution is -2.53. The fourth-order valence-corrected chi connectivity index (χ4v) is 0.670. The van der Waals surface area contributed by atoms with E-state index in [-0.39, 0.29) is 0 Å². The number of aliphatic carboxylic acids is 1. The molecule has 0 radical (unpaired) electrons. The summed E-state index contributed by atoms with van der Waals surface area (Å²) >= 11 is 0. The van der Waals surface area contributed by atoms with Gasteiger partial charge in [-0.2, -0.15) is 0 Å². The van der Waals surface area contributed by atoms with Gasteiger partial charge in [-0.3, -0.25) is 9.59 Å². The third-order valence-electron chi connectivity index (χ3n) is 1.35. The second-order valence-electron chi connectivity index (χ2n) is 3.92. The average Bonchev–Trinajstić information content (AvgIpc) is 1.98. The first kappa shape index (κ1) is 12.9. The van der Waals surface area contributed by atoms with E-state index >= 15 is 0 Å². The second-order valence-corrected chi connectivity index (χ2v) is 3.92. The average molecular weight is 204 g/mol. The Kier molecular flexibility index (Phi) is 4.03. The number of esters is 1. The summed E-state index contributed by atoms with van der Waals surface area (Å²) < 4.78 is 4.86. The Morgan fingerprint density at radius 3 is 1.93 bits per heavy atom. The number of ether oxygens (including phenoxy) is 1. The first-order chi connectivity index (χ1) is 6.15. The van der Waals surface area contributed by atoms with Crippen LogP contribution < -0.4 is 11.5 Å². The van der Waals surface area contributed by atoms with E-state index in [0.29, 0.717) is 0 Å². The summed E-state index contributed by atoms with van der Waals surface area (Å²) in [5.74, 6) is -2.14. The molecule has 0 aromatic carbocycles. The minimum absolute atomic E-state index is 0.701. The number of nitrogens with two attached hydrogens (primary N) is 2. The van der Waals surface area contributed by atoms with Crippen molar-refractivity contribution in [3.05, 3.63) is 0 Å². The molecule has 0 aromatic rings. The molecule has 5 N–H and O–H groups in total. The quantitative estimate of drug-likeness (QED) is 0.511. The van der Waals surface area contributed by atoms with E-state index in [4.69, 9.17) is 21.3 Å². The number of carbonyl (C=O) groups excluding carboxylic acids is 1. The molecule has 0 fully saturated rings. The fraction of sp³-hybridized carbons (Fsp3) is 0.750. The molecule has 0 spiro atoms. The van der Waals surface area contributed by atoms with E-state index in [1.807, 2.05) is 0 Å². The van der Waals surface area contributed by atoms with E-state index < -0.39 is 29.6 Å². The molecule has 0 heterocycles. The maximum absolute atomic E-state index is 11.2. The monoisotopic (exact) mass is 204 g/mol. The number of hydrogen-bond donors (Lipinski definition) is 3. The van der Waals surface area contributed by atoms with Gasteiger partial charge in [-0.15, -0.1) is 0 Å². The number of rotatable bonds is 3. The van der Waals surface area contributed by atoms with E-state index in [1.54, 1.807) is 20.8 Å². The molecule has 6 nitrogen and oxygen atoms in total. The molecular weight excluding hydrogens is 188 g/mol. The van der Waals surface area contributed by atoms with Gasteiger partial charge >= 0.3 is 11.9 Å². The molecule has 2 atom stereocenters. The molecule has 6 heteroatoms. The van der Waals surface area contributed by atoms with Crippen molar-refractivity contribution in [2.45, 2.75) is 38.5 Å². The molecule has 0 aromatic heterocycles. The Morgan fingerprint density at radius 1 is 1.21 bits per heavy atom. The summed E-state index contributed by atoms with van der Waals surface area (Å²) in [6, 6.07) is -2.78. The summed E-state index contributed by atoms with van der Waals surface area (Å²) in [4.78, 5) is 21.6. The van der Waals surface area contributed by atoms with Crippen LogP contribution in [0.1, 0.15) is 20.8 Å². The van der Waals surface area contributed by atoms with E-state index in [0.717, 1.165) is 0 Å². The molecule has 14 heavy (non-hydrogen) atoms. The predicted molar refractivity (Wildman–Crippen MR) is 49.4 cm³/mol. The molecular formula is C8H16N2O4. The predicted octanol–water partition coefficient (Wildman–Crippen LogP) is -0.933. The first-order valence-corrected chi connectivity index (χ1v) is 4.12. The summed E-state index contributed by atoms with van der Waals surface area (Å²) in [5.41, 5.74) is 9.74. The molecule has 0 aliphatic carbocycles. The highest BCUT2D eigenvalue weighted by Crippen LogP contribution is 2.08.